The van der Waals surface area contributed by atoms with Crippen molar-refractivity contribution in [3.63, 3.8) is 0 Å². The van der Waals surface area contributed by atoms with Crippen molar-refractivity contribution >= 4 is 35.0 Å². The van der Waals surface area contributed by atoms with Gasteiger partial charge in [0.2, 0.25) is 0 Å². The van der Waals surface area contributed by atoms with Gasteiger partial charge in [-0.05, 0) is 42.3 Å². The highest BCUT2D eigenvalue weighted by atomic mass is 35.5. The zero-order valence-corrected chi connectivity index (χ0v) is 17.6. The molecule has 1 atom stereocenters. The van der Waals surface area contributed by atoms with E-state index < -0.39 is 17.8 Å². The van der Waals surface area contributed by atoms with Gasteiger partial charge in [-0.1, -0.05) is 53.3 Å². The van der Waals surface area contributed by atoms with Gasteiger partial charge in [0, 0.05) is 5.02 Å². The average molecular weight is 443 g/mol. The molecule has 0 radical (unpaired) electrons. The number of hydrogen-bond donors (Lipinski definition) is 0. The molecule has 0 N–H and O–H groups in total. The van der Waals surface area contributed by atoms with Crippen molar-refractivity contribution < 1.29 is 13.9 Å². The van der Waals surface area contributed by atoms with E-state index in [0.29, 0.717) is 31.2 Å². The van der Waals surface area contributed by atoms with Crippen LogP contribution < -0.4 is 14.9 Å². The van der Waals surface area contributed by atoms with Crippen LogP contribution in [0, 0.1) is 5.82 Å². The van der Waals surface area contributed by atoms with E-state index in [-0.39, 0.29) is 11.1 Å². The Labute approximate surface area is 180 Å². The third kappa shape index (κ3) is 3.51. The number of hydrogen-bond acceptors (Lipinski definition) is 5. The van der Waals surface area contributed by atoms with Crippen LogP contribution in [0.1, 0.15) is 24.1 Å². The summed E-state index contributed by atoms with van der Waals surface area (Å²) in [5, 5.41) is 0.518. The molecule has 152 valence electrons. The molecule has 0 saturated heterocycles. The largest absolute Gasteiger partial charge is 0.466 e. The van der Waals surface area contributed by atoms with Crippen molar-refractivity contribution in [2.45, 2.75) is 13.0 Å². The van der Waals surface area contributed by atoms with E-state index in [9.17, 15) is 14.0 Å². The second kappa shape index (κ2) is 8.01. The Kier molecular flexibility index (Phi) is 5.40. The number of allylic oxidation sites excluding steroid dienone is 1. The molecule has 1 aromatic heterocycles. The average Bonchev–Trinajstić information content (AvgIpc) is 3.03. The number of halogens is 2. The van der Waals surface area contributed by atoms with Gasteiger partial charge in [-0.3, -0.25) is 9.36 Å². The second-order valence-corrected chi connectivity index (χ2v) is 8.06. The number of ether oxygens (including phenoxy) is 1. The minimum absolute atomic E-state index is 0.237. The fraction of sp³-hybridized carbons (Fsp3) is 0.136. The van der Waals surface area contributed by atoms with E-state index in [0.717, 1.165) is 0 Å². The number of fused-ring (bicyclic) bond motifs is 1. The molecular weight excluding hydrogens is 427 g/mol. The number of rotatable bonds is 3. The summed E-state index contributed by atoms with van der Waals surface area (Å²) in [4.78, 5) is 30.8. The molecule has 1 aliphatic rings. The van der Waals surface area contributed by atoms with Gasteiger partial charge in [-0.2, -0.15) is 0 Å². The zero-order chi connectivity index (χ0) is 21.4. The first-order valence-corrected chi connectivity index (χ1v) is 10.2. The minimum Gasteiger partial charge on any atom is -0.466 e. The van der Waals surface area contributed by atoms with Crippen LogP contribution in [0.2, 0.25) is 5.02 Å². The van der Waals surface area contributed by atoms with Crippen LogP contribution >= 0.6 is 22.9 Å². The highest BCUT2D eigenvalue weighted by molar-refractivity contribution is 7.07. The van der Waals surface area contributed by atoms with Gasteiger partial charge in [0.05, 0.1) is 29.0 Å². The molecule has 3 aromatic rings. The third-order valence-corrected chi connectivity index (χ3v) is 6.13. The lowest BCUT2D eigenvalue weighted by molar-refractivity contribution is -0.136. The molecule has 0 bridgehead atoms. The lowest BCUT2D eigenvalue weighted by Gasteiger charge is -2.24. The van der Waals surface area contributed by atoms with Crippen LogP contribution in [0.25, 0.3) is 6.08 Å². The highest BCUT2D eigenvalue weighted by Crippen LogP contribution is 2.30. The van der Waals surface area contributed by atoms with E-state index in [1.807, 2.05) is 18.2 Å². The topological polar surface area (TPSA) is 60.7 Å². The SMILES string of the molecule is COC(=O)C1=C(C)N=c2s/c(=C/c3ccccc3Cl)c(=O)n2C1c1ccc(F)cc1. The summed E-state index contributed by atoms with van der Waals surface area (Å²) >= 11 is 7.44. The van der Waals surface area contributed by atoms with Gasteiger partial charge >= 0.3 is 5.97 Å². The first-order chi connectivity index (χ1) is 14.4. The predicted octanol–water partition coefficient (Wildman–Crippen LogP) is 3.20. The second-order valence-electron chi connectivity index (χ2n) is 6.65. The van der Waals surface area contributed by atoms with Gasteiger partial charge in [0.1, 0.15) is 5.82 Å². The Morgan fingerprint density at radius 1 is 1.23 bits per heavy atom. The van der Waals surface area contributed by atoms with Gasteiger partial charge in [-0.25, -0.2) is 14.2 Å². The van der Waals surface area contributed by atoms with E-state index in [1.165, 1.54) is 35.1 Å². The molecule has 0 aliphatic carbocycles. The van der Waals surface area contributed by atoms with Crippen molar-refractivity contribution in [1.82, 2.24) is 4.57 Å². The number of esters is 1. The monoisotopic (exact) mass is 442 g/mol. The number of carbonyl (C=O) groups excluding carboxylic acids is 1. The summed E-state index contributed by atoms with van der Waals surface area (Å²) in [5.41, 5.74) is 1.65. The van der Waals surface area contributed by atoms with Crippen molar-refractivity contribution in [3.8, 4) is 0 Å². The van der Waals surface area contributed by atoms with Crippen molar-refractivity contribution in [1.29, 1.82) is 0 Å². The lowest BCUT2D eigenvalue weighted by atomic mass is 9.96. The van der Waals surface area contributed by atoms with Gasteiger partial charge in [-0.15, -0.1) is 0 Å². The summed E-state index contributed by atoms with van der Waals surface area (Å²) in [6.07, 6.45) is 1.70. The number of aromatic nitrogens is 1. The lowest BCUT2D eigenvalue weighted by Crippen LogP contribution is -2.39. The molecule has 5 nitrogen and oxygen atoms in total. The standard InChI is InChI=1S/C22H16ClFN2O3S/c1-12-18(21(28)29-2)19(13-7-9-15(24)10-8-13)26-20(27)17(30-22(26)25-12)11-14-5-3-4-6-16(14)23/h3-11,19H,1-2H3/b17-11+. The Balaban J connectivity index is 1.99. The maximum absolute atomic E-state index is 13.5. The number of carbonyl (C=O) groups is 1. The summed E-state index contributed by atoms with van der Waals surface area (Å²) in [7, 11) is 1.27. The van der Waals surface area contributed by atoms with Crippen molar-refractivity contribution in [2.24, 2.45) is 4.99 Å². The van der Waals surface area contributed by atoms with Crippen molar-refractivity contribution in [3.05, 3.63) is 101 Å². The van der Waals surface area contributed by atoms with E-state index >= 15 is 0 Å². The van der Waals surface area contributed by atoms with Crippen LogP contribution in [0.3, 0.4) is 0 Å². The Morgan fingerprint density at radius 3 is 2.60 bits per heavy atom. The fourth-order valence-electron chi connectivity index (χ4n) is 3.39. The normalized spacial score (nSPS) is 16.3. The predicted molar refractivity (Wildman–Crippen MR) is 114 cm³/mol. The molecule has 4 rings (SSSR count). The third-order valence-electron chi connectivity index (χ3n) is 4.80. The summed E-state index contributed by atoms with van der Waals surface area (Å²) in [5.74, 6) is -1.00. The molecule has 1 unspecified atom stereocenters. The first kappa shape index (κ1) is 20.3. The molecule has 30 heavy (non-hydrogen) atoms. The smallest absolute Gasteiger partial charge is 0.338 e. The molecule has 0 fully saturated rings. The fourth-order valence-corrected chi connectivity index (χ4v) is 4.61. The first-order valence-electron chi connectivity index (χ1n) is 9.01. The summed E-state index contributed by atoms with van der Waals surface area (Å²) in [6.45, 7) is 1.69. The molecular formula is C22H16ClFN2O3S. The van der Waals surface area contributed by atoms with Crippen LogP contribution in [-0.4, -0.2) is 17.6 Å². The zero-order valence-electron chi connectivity index (χ0n) is 16.1. The maximum atomic E-state index is 13.5. The minimum atomic E-state index is -0.775. The highest BCUT2D eigenvalue weighted by Gasteiger charge is 2.33. The molecule has 0 saturated carbocycles. The molecule has 8 heteroatoms. The molecule has 2 heterocycles. The Bertz CT molecular complexity index is 1360. The van der Waals surface area contributed by atoms with Gasteiger partial charge < -0.3 is 4.74 Å². The Morgan fingerprint density at radius 2 is 1.93 bits per heavy atom. The van der Waals surface area contributed by atoms with E-state index in [4.69, 9.17) is 16.3 Å². The van der Waals surface area contributed by atoms with Gasteiger partial charge in [0.15, 0.2) is 4.80 Å². The summed E-state index contributed by atoms with van der Waals surface area (Å²) < 4.78 is 20.3. The number of nitrogens with zero attached hydrogens (tertiary/aromatic N) is 2. The molecule has 0 amide bonds. The van der Waals surface area contributed by atoms with E-state index in [2.05, 4.69) is 4.99 Å². The van der Waals surface area contributed by atoms with Crippen LogP contribution in [0.15, 0.2) is 69.6 Å². The number of thiazole rings is 1. The van der Waals surface area contributed by atoms with Crippen molar-refractivity contribution in [2.75, 3.05) is 7.11 Å². The number of methoxy groups -OCH3 is 1. The molecule has 2 aromatic carbocycles. The van der Waals surface area contributed by atoms with E-state index in [1.54, 1.807) is 31.2 Å². The van der Waals surface area contributed by atoms with Crippen LogP contribution in [0.4, 0.5) is 4.39 Å². The van der Waals surface area contributed by atoms with Crippen LogP contribution in [0.5, 0.6) is 0 Å². The summed E-state index contributed by atoms with van der Waals surface area (Å²) in [6, 6.07) is 12.1. The van der Waals surface area contributed by atoms with Gasteiger partial charge in [0.25, 0.3) is 5.56 Å². The van der Waals surface area contributed by atoms with Crippen LogP contribution in [-0.2, 0) is 9.53 Å². The quantitative estimate of drug-likeness (QED) is 0.585. The molecule has 0 spiro atoms. The Hall–Kier alpha value is -3.03. The maximum Gasteiger partial charge on any atom is 0.338 e. The molecule has 1 aliphatic heterocycles. The number of benzene rings is 2.